The zero-order valence-electron chi connectivity index (χ0n) is 14.1. The van der Waals surface area contributed by atoms with Crippen LogP contribution in [0, 0.1) is 12.8 Å². The molecule has 2 aromatic rings. The summed E-state index contributed by atoms with van der Waals surface area (Å²) >= 11 is 0. The summed E-state index contributed by atoms with van der Waals surface area (Å²) in [6.45, 7) is 4.57. The number of aliphatic imine (C=N–C) groups is 1. The van der Waals surface area contributed by atoms with Crippen LogP contribution in [0.25, 0.3) is 16.6 Å². The molecule has 1 fully saturated rings. The Morgan fingerprint density at radius 1 is 1.33 bits per heavy atom. The third-order valence-corrected chi connectivity index (χ3v) is 4.43. The number of ether oxygens (including phenoxy) is 1. The van der Waals surface area contributed by atoms with Crippen molar-refractivity contribution in [1.29, 1.82) is 0 Å². The Balaban J connectivity index is 1.66. The van der Waals surface area contributed by atoms with E-state index in [1.54, 1.807) is 6.20 Å². The van der Waals surface area contributed by atoms with E-state index in [9.17, 15) is 0 Å². The second kappa shape index (κ2) is 8.02. The summed E-state index contributed by atoms with van der Waals surface area (Å²) in [4.78, 5) is 13.5. The molecule has 2 aromatic heterocycles. The van der Waals surface area contributed by atoms with E-state index in [4.69, 9.17) is 10.5 Å². The molecule has 1 aliphatic rings. The van der Waals surface area contributed by atoms with E-state index in [1.807, 2.05) is 37.5 Å². The fraction of sp³-hybridized carbons (Fsp3) is 0.421. The molecule has 0 aliphatic carbocycles. The fourth-order valence-electron chi connectivity index (χ4n) is 2.94. The summed E-state index contributed by atoms with van der Waals surface area (Å²) in [7, 11) is 0. The average Bonchev–Trinajstić information content (AvgIpc) is 2.62. The zero-order valence-corrected chi connectivity index (χ0v) is 14.1. The highest BCUT2D eigenvalue weighted by atomic mass is 16.5. The van der Waals surface area contributed by atoms with Crippen LogP contribution in [-0.4, -0.2) is 35.9 Å². The quantitative estimate of drug-likeness (QED) is 0.858. The predicted octanol–water partition coefficient (Wildman–Crippen LogP) is 3.13. The molecule has 3 rings (SSSR count). The summed E-state index contributed by atoms with van der Waals surface area (Å²) in [5.41, 5.74) is 10.3. The van der Waals surface area contributed by atoms with E-state index in [-0.39, 0.29) is 0 Å². The summed E-state index contributed by atoms with van der Waals surface area (Å²) in [6, 6.07) is 5.96. The highest BCUT2D eigenvalue weighted by Crippen LogP contribution is 2.19. The molecule has 1 aliphatic heterocycles. The molecule has 0 spiro atoms. The van der Waals surface area contributed by atoms with Crippen molar-refractivity contribution in [3.63, 3.8) is 0 Å². The number of allylic oxidation sites excluding steroid dienone is 1. The van der Waals surface area contributed by atoms with Crippen molar-refractivity contribution in [2.75, 3.05) is 19.8 Å². The third-order valence-electron chi connectivity index (χ3n) is 4.43. The lowest BCUT2D eigenvalue weighted by Crippen LogP contribution is -2.16. The molecule has 126 valence electrons. The first-order chi connectivity index (χ1) is 11.8. The van der Waals surface area contributed by atoms with Crippen LogP contribution in [-0.2, 0) is 4.74 Å². The van der Waals surface area contributed by atoms with E-state index in [1.165, 1.54) is 0 Å². The lowest BCUT2D eigenvalue weighted by molar-refractivity contribution is 0.0647. The highest BCUT2D eigenvalue weighted by Gasteiger charge is 2.12. The summed E-state index contributed by atoms with van der Waals surface area (Å²) in [5, 5.41) is 0. The van der Waals surface area contributed by atoms with Crippen LogP contribution in [0.1, 0.15) is 30.5 Å². The molecule has 24 heavy (non-hydrogen) atoms. The number of pyridine rings is 2. The Morgan fingerprint density at radius 2 is 2.17 bits per heavy atom. The molecule has 0 radical (unpaired) electrons. The highest BCUT2D eigenvalue weighted by molar-refractivity contribution is 6.10. The molecule has 0 aromatic carbocycles. The second-order valence-electron chi connectivity index (χ2n) is 6.22. The van der Waals surface area contributed by atoms with Crippen LogP contribution in [0.2, 0.25) is 0 Å². The van der Waals surface area contributed by atoms with Crippen LogP contribution < -0.4 is 5.73 Å². The van der Waals surface area contributed by atoms with Gasteiger partial charge in [0.15, 0.2) is 0 Å². The molecular weight excluding hydrogens is 300 g/mol. The molecule has 1 saturated heterocycles. The normalized spacial score (nSPS) is 17.0. The molecule has 5 nitrogen and oxygen atoms in total. The fourth-order valence-corrected chi connectivity index (χ4v) is 2.94. The third kappa shape index (κ3) is 4.17. The predicted molar refractivity (Wildman–Crippen MR) is 98.0 cm³/mol. The van der Waals surface area contributed by atoms with Gasteiger partial charge in [-0.15, -0.1) is 0 Å². The summed E-state index contributed by atoms with van der Waals surface area (Å²) in [5.74, 6) is 0.732. The van der Waals surface area contributed by atoms with Gasteiger partial charge in [-0.2, -0.15) is 0 Å². The molecule has 0 saturated carbocycles. The molecule has 0 unspecified atom stereocenters. The minimum Gasteiger partial charge on any atom is -0.404 e. The van der Waals surface area contributed by atoms with E-state index in [0.717, 1.165) is 72.8 Å². The number of rotatable bonds is 5. The number of hydrogen-bond donors (Lipinski definition) is 1. The van der Waals surface area contributed by atoms with Crippen LogP contribution >= 0.6 is 0 Å². The van der Waals surface area contributed by atoms with Gasteiger partial charge in [0.1, 0.15) is 0 Å². The number of nitrogens with zero attached hydrogens (tertiary/aromatic N) is 3. The van der Waals surface area contributed by atoms with E-state index < -0.39 is 0 Å². The maximum Gasteiger partial charge on any atom is 0.0896 e. The molecule has 0 atom stereocenters. The Morgan fingerprint density at radius 3 is 2.96 bits per heavy atom. The SMILES string of the molecule is Cc1ccc2ncc(C(C=NCCC3CCOCC3)=CN)cc2n1. The van der Waals surface area contributed by atoms with Gasteiger partial charge in [-0.05, 0) is 50.3 Å². The van der Waals surface area contributed by atoms with Crippen molar-refractivity contribution in [1.82, 2.24) is 9.97 Å². The monoisotopic (exact) mass is 324 g/mol. The topological polar surface area (TPSA) is 73.4 Å². The van der Waals surface area contributed by atoms with Gasteiger partial charge >= 0.3 is 0 Å². The number of nitrogens with two attached hydrogens (primary N) is 1. The number of aromatic nitrogens is 2. The summed E-state index contributed by atoms with van der Waals surface area (Å²) in [6.07, 6.45) is 8.65. The average molecular weight is 324 g/mol. The molecule has 3 heterocycles. The molecule has 0 bridgehead atoms. The molecule has 5 heteroatoms. The maximum absolute atomic E-state index is 5.79. The number of hydrogen-bond acceptors (Lipinski definition) is 5. The standard InChI is InChI=1S/C19H24N4O/c1-14-2-3-18-19(23-14)10-16(13-22-18)17(11-20)12-21-7-4-15-5-8-24-9-6-15/h2-3,10-13,15H,4-9,20H2,1H3. The second-order valence-corrected chi connectivity index (χ2v) is 6.22. The first-order valence-corrected chi connectivity index (χ1v) is 8.49. The van der Waals surface area contributed by atoms with Gasteiger partial charge in [0, 0.05) is 55.2 Å². The Labute approximate surface area is 142 Å². The van der Waals surface area contributed by atoms with Crippen molar-refractivity contribution in [2.45, 2.75) is 26.2 Å². The van der Waals surface area contributed by atoms with Crippen molar-refractivity contribution < 1.29 is 4.74 Å². The van der Waals surface area contributed by atoms with Gasteiger partial charge in [-0.25, -0.2) is 0 Å². The molecule has 0 amide bonds. The van der Waals surface area contributed by atoms with Crippen molar-refractivity contribution in [2.24, 2.45) is 16.6 Å². The largest absolute Gasteiger partial charge is 0.404 e. The Hall–Kier alpha value is -2.27. The van der Waals surface area contributed by atoms with Crippen LogP contribution in [0.3, 0.4) is 0 Å². The Bertz CT molecular complexity index is 748. The minimum atomic E-state index is 0.732. The lowest BCUT2D eigenvalue weighted by atomic mass is 9.97. The first kappa shape index (κ1) is 16.6. The van der Waals surface area contributed by atoms with E-state index in [0.29, 0.717) is 0 Å². The Kier molecular flexibility index (Phi) is 5.54. The van der Waals surface area contributed by atoms with Crippen molar-refractivity contribution in [3.05, 3.63) is 41.9 Å². The number of fused-ring (bicyclic) bond motifs is 1. The van der Waals surface area contributed by atoms with Gasteiger partial charge in [0.2, 0.25) is 0 Å². The van der Waals surface area contributed by atoms with Crippen LogP contribution in [0.5, 0.6) is 0 Å². The smallest absolute Gasteiger partial charge is 0.0896 e. The molecular formula is C19H24N4O. The van der Waals surface area contributed by atoms with Gasteiger partial charge in [-0.1, -0.05) is 0 Å². The van der Waals surface area contributed by atoms with Gasteiger partial charge in [-0.3, -0.25) is 15.0 Å². The van der Waals surface area contributed by atoms with Gasteiger partial charge in [0.05, 0.1) is 11.0 Å². The van der Waals surface area contributed by atoms with E-state index >= 15 is 0 Å². The van der Waals surface area contributed by atoms with Crippen LogP contribution in [0.15, 0.2) is 35.6 Å². The zero-order chi connectivity index (χ0) is 16.8. The summed E-state index contributed by atoms with van der Waals surface area (Å²) < 4.78 is 5.39. The van der Waals surface area contributed by atoms with Crippen LogP contribution in [0.4, 0.5) is 0 Å². The lowest BCUT2D eigenvalue weighted by Gasteiger charge is -2.20. The minimum absolute atomic E-state index is 0.732. The van der Waals surface area contributed by atoms with Gasteiger partial charge in [0.25, 0.3) is 0 Å². The molecule has 2 N–H and O–H groups in total. The van der Waals surface area contributed by atoms with Crippen molar-refractivity contribution >= 4 is 22.8 Å². The number of aryl methyl sites for hydroxylation is 1. The van der Waals surface area contributed by atoms with Gasteiger partial charge < -0.3 is 10.5 Å². The maximum atomic E-state index is 5.79. The van der Waals surface area contributed by atoms with Crippen molar-refractivity contribution in [3.8, 4) is 0 Å². The first-order valence-electron chi connectivity index (χ1n) is 8.49. The van der Waals surface area contributed by atoms with E-state index in [2.05, 4.69) is 15.0 Å².